The highest BCUT2D eigenvalue weighted by atomic mass is 19.4. The number of hydrogen-bond donors (Lipinski definition) is 2. The molecule has 2 N–H and O–H groups in total. The van der Waals surface area contributed by atoms with Crippen LogP contribution in [0.5, 0.6) is 0 Å². The van der Waals surface area contributed by atoms with Gasteiger partial charge in [-0.25, -0.2) is 0 Å². The summed E-state index contributed by atoms with van der Waals surface area (Å²) in [6, 6.07) is 4.87. The van der Waals surface area contributed by atoms with Crippen LogP contribution in [-0.4, -0.2) is 50.7 Å². The molecule has 1 aromatic heterocycles. The van der Waals surface area contributed by atoms with Crippen LogP contribution in [0.25, 0.3) is 0 Å². The molecule has 3 aromatic rings. The van der Waals surface area contributed by atoms with Crippen molar-refractivity contribution in [3.63, 3.8) is 0 Å². The first-order valence-corrected chi connectivity index (χ1v) is 13.6. The van der Waals surface area contributed by atoms with Gasteiger partial charge < -0.3 is 14.9 Å². The van der Waals surface area contributed by atoms with Gasteiger partial charge in [-0.05, 0) is 72.5 Å². The third-order valence-electron chi connectivity index (χ3n) is 6.57. The number of halogens is 9. The van der Waals surface area contributed by atoms with Crippen molar-refractivity contribution in [3.8, 4) is 0 Å². The molecular weight excluding hydrogens is 625 g/mol. The molecule has 0 unspecified atom stereocenters. The number of aryl methyl sites for hydroxylation is 1. The van der Waals surface area contributed by atoms with Crippen LogP contribution in [0.3, 0.4) is 0 Å². The van der Waals surface area contributed by atoms with Crippen LogP contribution in [0.1, 0.15) is 54.9 Å². The Balaban J connectivity index is 2.05. The smallest absolute Gasteiger partial charge is 0.481 e. The predicted octanol–water partition coefficient (Wildman–Crippen LogP) is 6.86. The first-order valence-electron chi connectivity index (χ1n) is 13.6. The van der Waals surface area contributed by atoms with Gasteiger partial charge in [0.2, 0.25) is 0 Å². The molecule has 9 nitrogen and oxygen atoms in total. The molecule has 0 amide bonds. The molecule has 248 valence electrons. The highest BCUT2D eigenvalue weighted by Gasteiger charge is 2.37. The Bertz CT molecular complexity index is 1410. The average molecular weight is 656 g/mol. The number of rotatable bonds is 14. The number of benzene rings is 2. The van der Waals surface area contributed by atoms with E-state index in [-0.39, 0.29) is 36.2 Å². The second kappa shape index (κ2) is 14.2. The zero-order valence-electron chi connectivity index (χ0n) is 24.1. The topological polar surface area (TPSA) is 99.4 Å². The van der Waals surface area contributed by atoms with Crippen LogP contribution < -0.4 is 15.1 Å². The molecule has 0 saturated heterocycles. The highest BCUT2D eigenvalue weighted by molar-refractivity contribution is 5.66. The van der Waals surface area contributed by atoms with Crippen molar-refractivity contribution in [2.45, 2.75) is 64.3 Å². The standard InChI is InChI=1S/C27H30F9N7O2/c1-3-42(10-6-4-5-7-23(44)45)22-9-8-21(37-27(34,35)36)13-18(22)16-43(24-38-40-41(2)39-24)15-17-11-19(25(28,29)30)14-20(12-17)26(31,32)33/h8-9,11-14,37H,3-7,10,15-16H2,1-2H3,(H,44,45). The molecule has 2 aromatic carbocycles. The predicted molar refractivity (Wildman–Crippen MR) is 145 cm³/mol. The largest absolute Gasteiger partial charge is 0.482 e. The number of nitrogens with one attached hydrogen (secondary N) is 1. The van der Waals surface area contributed by atoms with Gasteiger partial charge in [0.15, 0.2) is 0 Å². The number of anilines is 3. The summed E-state index contributed by atoms with van der Waals surface area (Å²) in [5, 5.41) is 21.8. The lowest BCUT2D eigenvalue weighted by Crippen LogP contribution is -2.29. The number of hydrogen-bond acceptors (Lipinski definition) is 7. The minimum Gasteiger partial charge on any atom is -0.481 e. The summed E-state index contributed by atoms with van der Waals surface area (Å²) < 4.78 is 121. The molecule has 0 radical (unpaired) electrons. The summed E-state index contributed by atoms with van der Waals surface area (Å²) in [4.78, 5) is 14.8. The van der Waals surface area contributed by atoms with Crippen molar-refractivity contribution in [2.24, 2.45) is 7.05 Å². The molecule has 0 atom stereocenters. The summed E-state index contributed by atoms with van der Waals surface area (Å²) in [5.41, 5.74) is -3.15. The Hall–Kier alpha value is -4.25. The molecule has 0 aliphatic carbocycles. The van der Waals surface area contributed by atoms with E-state index in [1.807, 2.05) is 4.90 Å². The summed E-state index contributed by atoms with van der Waals surface area (Å²) in [5.74, 6) is -1.14. The SMILES string of the molecule is CCN(CCCCCC(=O)O)c1ccc(NC(F)(F)F)cc1CN(Cc1cc(C(F)(F)F)cc(C(F)(F)F)c1)c1nnn(C)n1. The second-order valence-electron chi connectivity index (χ2n) is 10.1. The summed E-state index contributed by atoms with van der Waals surface area (Å²) in [6.07, 6.45) is -13.5. The quantitative estimate of drug-likeness (QED) is 0.111. The van der Waals surface area contributed by atoms with Gasteiger partial charge in [0.05, 0.1) is 18.2 Å². The fourth-order valence-corrected chi connectivity index (χ4v) is 4.60. The maximum atomic E-state index is 13.5. The van der Waals surface area contributed by atoms with E-state index in [0.29, 0.717) is 50.2 Å². The maximum Gasteiger partial charge on any atom is 0.482 e. The average Bonchev–Trinajstić information content (AvgIpc) is 3.35. The molecule has 1 heterocycles. The first-order chi connectivity index (χ1) is 20.9. The van der Waals surface area contributed by atoms with Crippen LogP contribution in [-0.2, 0) is 37.3 Å². The molecule has 0 spiro atoms. The third-order valence-corrected chi connectivity index (χ3v) is 6.57. The van der Waals surface area contributed by atoms with Gasteiger partial charge in [0.25, 0.3) is 5.95 Å². The van der Waals surface area contributed by atoms with Gasteiger partial charge in [0.1, 0.15) is 0 Å². The first kappa shape index (κ1) is 35.2. The van der Waals surface area contributed by atoms with Gasteiger partial charge in [-0.1, -0.05) is 11.5 Å². The molecule has 0 fully saturated rings. The Morgan fingerprint density at radius 1 is 0.889 bits per heavy atom. The van der Waals surface area contributed by atoms with E-state index in [2.05, 4.69) is 15.4 Å². The number of aliphatic carboxylic acids is 1. The molecule has 0 bridgehead atoms. The van der Waals surface area contributed by atoms with E-state index in [4.69, 9.17) is 5.11 Å². The minimum atomic E-state index is -5.09. The molecule has 0 aliphatic rings. The van der Waals surface area contributed by atoms with Crippen LogP contribution in [0.2, 0.25) is 0 Å². The van der Waals surface area contributed by atoms with Crippen LogP contribution >= 0.6 is 0 Å². The van der Waals surface area contributed by atoms with Gasteiger partial charge in [-0.3, -0.25) is 10.1 Å². The van der Waals surface area contributed by atoms with Crippen molar-refractivity contribution < 1.29 is 49.4 Å². The number of tetrazole rings is 1. The summed E-state index contributed by atoms with van der Waals surface area (Å²) >= 11 is 0. The van der Waals surface area contributed by atoms with E-state index in [9.17, 15) is 44.3 Å². The Morgan fingerprint density at radius 2 is 1.53 bits per heavy atom. The lowest BCUT2D eigenvalue weighted by Gasteiger charge is -2.29. The monoisotopic (exact) mass is 655 g/mol. The van der Waals surface area contributed by atoms with E-state index in [1.165, 1.54) is 35.5 Å². The fourth-order valence-electron chi connectivity index (χ4n) is 4.60. The van der Waals surface area contributed by atoms with Crippen molar-refractivity contribution in [2.75, 3.05) is 28.2 Å². The van der Waals surface area contributed by atoms with Gasteiger partial charge in [0, 0.05) is 44.0 Å². The number of carbonyl (C=O) groups is 1. The zero-order valence-corrected chi connectivity index (χ0v) is 24.1. The molecule has 0 aliphatic heterocycles. The minimum absolute atomic E-state index is 0.00557. The van der Waals surface area contributed by atoms with E-state index >= 15 is 0 Å². The number of nitrogens with zero attached hydrogens (tertiary/aromatic N) is 6. The number of carboxylic acid groups (broad SMARTS) is 1. The number of aromatic nitrogens is 4. The Morgan fingerprint density at radius 3 is 2.04 bits per heavy atom. The zero-order chi connectivity index (χ0) is 33.6. The summed E-state index contributed by atoms with van der Waals surface area (Å²) in [7, 11) is 1.38. The van der Waals surface area contributed by atoms with Gasteiger partial charge in [-0.2, -0.15) is 44.3 Å². The van der Waals surface area contributed by atoms with Crippen LogP contribution in [0, 0.1) is 0 Å². The van der Waals surface area contributed by atoms with E-state index in [1.54, 1.807) is 6.92 Å². The number of carboxylic acids is 1. The number of alkyl halides is 9. The van der Waals surface area contributed by atoms with E-state index in [0.717, 1.165) is 4.80 Å². The maximum absolute atomic E-state index is 13.5. The van der Waals surface area contributed by atoms with Crippen molar-refractivity contribution >= 4 is 23.3 Å². The summed E-state index contributed by atoms with van der Waals surface area (Å²) in [6.45, 7) is 1.63. The second-order valence-corrected chi connectivity index (χ2v) is 10.1. The van der Waals surface area contributed by atoms with Crippen LogP contribution in [0.15, 0.2) is 36.4 Å². The van der Waals surface area contributed by atoms with Crippen molar-refractivity contribution in [3.05, 3.63) is 58.7 Å². The molecule has 18 heteroatoms. The highest BCUT2D eigenvalue weighted by Crippen LogP contribution is 2.37. The fraction of sp³-hybridized carbons (Fsp3) is 0.481. The van der Waals surface area contributed by atoms with Gasteiger partial charge >= 0.3 is 24.6 Å². The lowest BCUT2D eigenvalue weighted by molar-refractivity contribution is -0.143. The van der Waals surface area contributed by atoms with E-state index < -0.39 is 47.9 Å². The Kier molecular flexibility index (Phi) is 11.1. The third kappa shape index (κ3) is 10.7. The normalized spacial score (nSPS) is 12.3. The van der Waals surface area contributed by atoms with Crippen LogP contribution in [0.4, 0.5) is 56.8 Å². The molecule has 3 rings (SSSR count). The Labute approximate surface area is 251 Å². The van der Waals surface area contributed by atoms with Gasteiger partial charge in [-0.15, -0.1) is 5.10 Å². The molecular formula is C27H30F9N7O2. The lowest BCUT2D eigenvalue weighted by atomic mass is 10.0. The van der Waals surface area contributed by atoms with Crippen molar-refractivity contribution in [1.29, 1.82) is 0 Å². The number of unbranched alkanes of at least 4 members (excludes halogenated alkanes) is 2. The molecule has 0 saturated carbocycles. The van der Waals surface area contributed by atoms with Crippen molar-refractivity contribution in [1.82, 2.24) is 20.2 Å². The molecule has 45 heavy (non-hydrogen) atoms.